The minimum atomic E-state index is -1.52. The van der Waals surface area contributed by atoms with Gasteiger partial charge in [0.05, 0.1) is 40.9 Å². The number of esters is 1. The van der Waals surface area contributed by atoms with Crippen molar-refractivity contribution in [3.8, 4) is 0 Å². The largest absolute Gasteiger partial charge is 0.465 e. The average molecular weight is 555 g/mol. The number of hydrogen-bond donors (Lipinski definition) is 3. The molecule has 3 aliphatic rings. The van der Waals surface area contributed by atoms with Crippen LogP contribution in [0.25, 0.3) is 10.9 Å². The predicted octanol–water partition coefficient (Wildman–Crippen LogP) is 3.78. The first kappa shape index (κ1) is 24.6. The quantitative estimate of drug-likeness (QED) is 0.261. The van der Waals surface area contributed by atoms with Crippen molar-refractivity contribution >= 4 is 57.6 Å². The Hall–Kier alpha value is -4.47. The zero-order valence-corrected chi connectivity index (χ0v) is 22.0. The van der Waals surface area contributed by atoms with Crippen LogP contribution < -0.4 is 15.5 Å². The van der Waals surface area contributed by atoms with Crippen LogP contribution in [0.3, 0.4) is 0 Å². The second-order valence-corrected chi connectivity index (χ2v) is 10.7. The Kier molecular flexibility index (Phi) is 5.39. The number of rotatable bonds is 4. The van der Waals surface area contributed by atoms with Gasteiger partial charge in [-0.25, -0.2) is 9.69 Å². The van der Waals surface area contributed by atoms with Crippen LogP contribution in [0.15, 0.2) is 72.9 Å². The summed E-state index contributed by atoms with van der Waals surface area (Å²) in [5, 5.41) is 7.62. The van der Waals surface area contributed by atoms with Crippen LogP contribution in [0.1, 0.15) is 21.5 Å². The number of imide groups is 1. The molecule has 0 aliphatic carbocycles. The number of anilines is 2. The second-order valence-electron chi connectivity index (χ2n) is 10.3. The molecule has 2 fully saturated rings. The molecule has 3 amide bonds. The van der Waals surface area contributed by atoms with Gasteiger partial charge < -0.3 is 15.0 Å². The molecule has 9 nitrogen and oxygen atoms in total. The third-order valence-corrected chi connectivity index (χ3v) is 8.68. The van der Waals surface area contributed by atoms with Crippen molar-refractivity contribution in [1.29, 1.82) is 0 Å². The number of carbonyl (C=O) groups is 4. The highest BCUT2D eigenvalue weighted by molar-refractivity contribution is 6.35. The Morgan fingerprint density at radius 2 is 1.77 bits per heavy atom. The Morgan fingerprint density at radius 3 is 2.60 bits per heavy atom. The highest BCUT2D eigenvalue weighted by Crippen LogP contribution is 2.55. The monoisotopic (exact) mass is 554 g/mol. The number of amides is 3. The molecule has 3 N–H and O–H groups in total. The number of H-pyrrole nitrogens is 1. The molecular formula is C30H23ClN4O5. The summed E-state index contributed by atoms with van der Waals surface area (Å²) in [5.74, 6) is -4.13. The van der Waals surface area contributed by atoms with Crippen molar-refractivity contribution in [3.63, 3.8) is 0 Å². The number of fused-ring (bicyclic) bond motifs is 5. The molecule has 10 heteroatoms. The first-order valence-electron chi connectivity index (χ1n) is 12.8. The minimum Gasteiger partial charge on any atom is -0.465 e. The van der Waals surface area contributed by atoms with Gasteiger partial charge in [0.25, 0.3) is 0 Å². The number of para-hydroxylation sites is 3. The van der Waals surface area contributed by atoms with E-state index in [-0.39, 0.29) is 11.3 Å². The van der Waals surface area contributed by atoms with Gasteiger partial charge in [-0.3, -0.25) is 19.7 Å². The standard InChI is InChI=1S/C30H23ClN4O5/c1-40-28(38)17-8-3-5-12-22(17)35-26(36)23-21(13-15-14-32-20-11-4-2-7-16(15)20)34-30(24(23)27(35)37)18-9-6-10-19(31)25(18)33-29(30)39/h2-12,14,21,23-24,32,34H,13H2,1H3,(H,33,39)/t21-,23+,24-,30-/m0/s1. The van der Waals surface area contributed by atoms with E-state index >= 15 is 0 Å². The van der Waals surface area contributed by atoms with E-state index in [9.17, 15) is 19.2 Å². The Labute approximate surface area is 233 Å². The lowest BCUT2D eigenvalue weighted by Gasteiger charge is -2.30. The summed E-state index contributed by atoms with van der Waals surface area (Å²) >= 11 is 6.46. The predicted molar refractivity (Wildman–Crippen MR) is 148 cm³/mol. The van der Waals surface area contributed by atoms with Crippen LogP contribution in [-0.2, 0) is 31.1 Å². The zero-order valence-electron chi connectivity index (χ0n) is 21.2. The topological polar surface area (TPSA) is 121 Å². The molecule has 4 heterocycles. The van der Waals surface area contributed by atoms with E-state index < -0.39 is 47.1 Å². The molecule has 3 aliphatic heterocycles. The van der Waals surface area contributed by atoms with Gasteiger partial charge in [0.2, 0.25) is 17.7 Å². The van der Waals surface area contributed by atoms with Gasteiger partial charge in [0, 0.05) is 28.7 Å². The number of aromatic amines is 1. The van der Waals surface area contributed by atoms with E-state index in [4.69, 9.17) is 16.3 Å². The molecule has 200 valence electrons. The van der Waals surface area contributed by atoms with Gasteiger partial charge in [0.1, 0.15) is 5.54 Å². The van der Waals surface area contributed by atoms with Crippen molar-refractivity contribution in [2.75, 3.05) is 17.3 Å². The third kappa shape index (κ3) is 3.19. The lowest BCUT2D eigenvalue weighted by molar-refractivity contribution is -0.130. The van der Waals surface area contributed by atoms with Crippen molar-refractivity contribution < 1.29 is 23.9 Å². The van der Waals surface area contributed by atoms with Gasteiger partial charge in [-0.1, -0.05) is 54.1 Å². The van der Waals surface area contributed by atoms with Crippen LogP contribution in [0, 0.1) is 11.8 Å². The average Bonchev–Trinajstić information content (AvgIpc) is 3.68. The van der Waals surface area contributed by atoms with E-state index in [1.165, 1.54) is 19.2 Å². The molecule has 3 aromatic carbocycles. The molecule has 0 saturated carbocycles. The maximum atomic E-state index is 14.3. The summed E-state index contributed by atoms with van der Waals surface area (Å²) in [6.45, 7) is 0. The molecule has 0 bridgehead atoms. The van der Waals surface area contributed by atoms with E-state index in [0.717, 1.165) is 21.4 Å². The molecule has 40 heavy (non-hydrogen) atoms. The van der Waals surface area contributed by atoms with Gasteiger partial charge in [0.15, 0.2) is 0 Å². The Balaban J connectivity index is 1.40. The Bertz CT molecular complexity index is 1770. The van der Waals surface area contributed by atoms with Crippen LogP contribution in [-0.4, -0.2) is 41.8 Å². The number of halogens is 1. The summed E-state index contributed by atoms with van der Waals surface area (Å²) in [5.41, 5.74) is 1.52. The second kappa shape index (κ2) is 8.77. The number of ether oxygens (including phenoxy) is 1. The first-order chi connectivity index (χ1) is 19.4. The molecule has 0 radical (unpaired) electrons. The fourth-order valence-corrected chi connectivity index (χ4v) is 6.92. The van der Waals surface area contributed by atoms with Crippen LogP contribution in [0.5, 0.6) is 0 Å². The smallest absolute Gasteiger partial charge is 0.339 e. The number of hydrogen-bond acceptors (Lipinski definition) is 6. The third-order valence-electron chi connectivity index (χ3n) is 8.36. The number of nitrogens with zero attached hydrogens (tertiary/aromatic N) is 1. The fraction of sp³-hybridized carbons (Fsp3) is 0.200. The van der Waals surface area contributed by atoms with E-state index in [0.29, 0.717) is 22.7 Å². The molecule has 1 spiro atoms. The Morgan fingerprint density at radius 1 is 1.00 bits per heavy atom. The van der Waals surface area contributed by atoms with E-state index in [2.05, 4.69) is 15.6 Å². The maximum absolute atomic E-state index is 14.3. The normalized spacial score (nSPS) is 25.0. The maximum Gasteiger partial charge on any atom is 0.339 e. The van der Waals surface area contributed by atoms with E-state index in [1.807, 2.05) is 30.5 Å². The van der Waals surface area contributed by atoms with Crippen LogP contribution in [0.2, 0.25) is 5.02 Å². The number of carbonyl (C=O) groups excluding carboxylic acids is 4. The van der Waals surface area contributed by atoms with E-state index in [1.54, 1.807) is 30.3 Å². The summed E-state index contributed by atoms with van der Waals surface area (Å²) < 4.78 is 4.92. The van der Waals surface area contributed by atoms with Crippen molar-refractivity contribution in [2.45, 2.75) is 18.0 Å². The number of nitrogens with one attached hydrogen (secondary N) is 3. The highest BCUT2D eigenvalue weighted by Gasteiger charge is 2.71. The summed E-state index contributed by atoms with van der Waals surface area (Å²) in [7, 11) is 1.24. The highest BCUT2D eigenvalue weighted by atomic mass is 35.5. The lowest BCUT2D eigenvalue weighted by atomic mass is 9.76. The summed E-state index contributed by atoms with van der Waals surface area (Å²) in [6, 6.07) is 18.7. The van der Waals surface area contributed by atoms with Crippen molar-refractivity contribution in [3.05, 3.63) is 94.6 Å². The summed E-state index contributed by atoms with van der Waals surface area (Å²) in [6.07, 6.45) is 2.26. The molecule has 1 aromatic heterocycles. The minimum absolute atomic E-state index is 0.0844. The first-order valence-corrected chi connectivity index (χ1v) is 13.2. The van der Waals surface area contributed by atoms with Crippen molar-refractivity contribution in [1.82, 2.24) is 10.3 Å². The number of benzene rings is 3. The zero-order chi connectivity index (χ0) is 27.8. The molecular weight excluding hydrogens is 532 g/mol. The van der Waals surface area contributed by atoms with Crippen LogP contribution in [0.4, 0.5) is 11.4 Å². The van der Waals surface area contributed by atoms with Gasteiger partial charge in [-0.2, -0.15) is 0 Å². The van der Waals surface area contributed by atoms with Crippen molar-refractivity contribution in [2.24, 2.45) is 11.8 Å². The lowest BCUT2D eigenvalue weighted by Crippen LogP contribution is -2.53. The molecule has 0 unspecified atom stereocenters. The molecule has 4 atom stereocenters. The molecule has 7 rings (SSSR count). The number of aromatic nitrogens is 1. The van der Waals surface area contributed by atoms with Gasteiger partial charge in [-0.05, 0) is 36.2 Å². The van der Waals surface area contributed by atoms with Gasteiger partial charge >= 0.3 is 5.97 Å². The van der Waals surface area contributed by atoms with Crippen LogP contribution >= 0.6 is 11.6 Å². The summed E-state index contributed by atoms with van der Waals surface area (Å²) in [4.78, 5) is 59.3. The number of methoxy groups -OCH3 is 1. The SMILES string of the molecule is COC(=O)c1ccccc1N1C(=O)[C@@H]2[C@H](Cc3c[nH]c4ccccc34)N[C@]3(C(=O)Nc4c(Cl)cccc43)[C@@H]2C1=O. The van der Waals surface area contributed by atoms with Gasteiger partial charge in [-0.15, -0.1) is 0 Å². The molecule has 2 saturated heterocycles. The fourth-order valence-electron chi connectivity index (χ4n) is 6.69. The molecule has 4 aromatic rings.